The van der Waals surface area contributed by atoms with Crippen LogP contribution >= 0.6 is 12.2 Å². The van der Waals surface area contributed by atoms with Gasteiger partial charge in [0.1, 0.15) is 0 Å². The van der Waals surface area contributed by atoms with Crippen LogP contribution < -0.4 is 24.8 Å². The van der Waals surface area contributed by atoms with E-state index in [1.54, 1.807) is 33.5 Å². The molecule has 0 unspecified atom stereocenters. The summed E-state index contributed by atoms with van der Waals surface area (Å²) in [5.41, 5.74) is 0.723. The van der Waals surface area contributed by atoms with Gasteiger partial charge < -0.3 is 30.0 Å². The summed E-state index contributed by atoms with van der Waals surface area (Å²) in [6.07, 6.45) is 0.636. The molecular formula is C13H20N2O4S. The topological polar surface area (TPSA) is 72.0 Å². The Kier molecular flexibility index (Phi) is 6.89. The highest BCUT2D eigenvalue weighted by Gasteiger charge is 2.13. The van der Waals surface area contributed by atoms with Gasteiger partial charge in [-0.25, -0.2) is 0 Å². The lowest BCUT2D eigenvalue weighted by Crippen LogP contribution is -2.29. The third-order valence-corrected chi connectivity index (χ3v) is 2.79. The third kappa shape index (κ3) is 4.43. The Bertz CT molecular complexity index is 429. The maximum absolute atomic E-state index is 8.71. The van der Waals surface area contributed by atoms with E-state index >= 15 is 0 Å². The average Bonchev–Trinajstić information content (AvgIpc) is 2.46. The molecule has 0 heterocycles. The summed E-state index contributed by atoms with van der Waals surface area (Å²) in [6.45, 7) is 0.729. The predicted octanol–water partition coefficient (Wildman–Crippen LogP) is 1.38. The van der Waals surface area contributed by atoms with Crippen LogP contribution in [-0.2, 0) is 0 Å². The molecule has 0 saturated heterocycles. The Balaban J connectivity index is 2.82. The first-order chi connectivity index (χ1) is 9.65. The highest BCUT2D eigenvalue weighted by atomic mass is 32.1. The molecule has 0 spiro atoms. The molecule has 0 saturated carbocycles. The standard InChI is InChI=1S/C13H20N2O4S/c1-17-10-7-9(8-11(18-2)12(10)19-3)15-13(20)14-5-4-6-16/h7-8,16H,4-6H2,1-3H3,(H2,14,15,20). The average molecular weight is 300 g/mol. The Hall–Kier alpha value is -1.73. The van der Waals surface area contributed by atoms with Gasteiger partial charge in [-0.05, 0) is 18.6 Å². The van der Waals surface area contributed by atoms with Crippen molar-refractivity contribution in [2.45, 2.75) is 6.42 Å². The number of anilines is 1. The number of hydrogen-bond acceptors (Lipinski definition) is 5. The Morgan fingerprint density at radius 3 is 2.20 bits per heavy atom. The summed E-state index contributed by atoms with van der Waals surface area (Å²) >= 11 is 5.15. The van der Waals surface area contributed by atoms with Gasteiger partial charge in [-0.1, -0.05) is 0 Å². The fraction of sp³-hybridized carbons (Fsp3) is 0.462. The van der Waals surface area contributed by atoms with Crippen molar-refractivity contribution in [3.63, 3.8) is 0 Å². The predicted molar refractivity (Wildman–Crippen MR) is 82.0 cm³/mol. The maximum Gasteiger partial charge on any atom is 0.203 e. The molecule has 0 aliphatic rings. The second kappa shape index (κ2) is 8.44. The minimum atomic E-state index is 0.125. The number of nitrogens with one attached hydrogen (secondary N) is 2. The molecule has 6 nitrogen and oxygen atoms in total. The van der Waals surface area contributed by atoms with E-state index in [1.807, 2.05) is 0 Å². The van der Waals surface area contributed by atoms with Crippen LogP contribution in [0.4, 0.5) is 5.69 Å². The van der Waals surface area contributed by atoms with Gasteiger partial charge in [-0.15, -0.1) is 0 Å². The number of hydrogen-bond donors (Lipinski definition) is 3. The molecule has 1 aromatic carbocycles. The number of ether oxygens (including phenoxy) is 3. The van der Waals surface area contributed by atoms with Crippen LogP contribution in [0.15, 0.2) is 12.1 Å². The number of thiocarbonyl (C=S) groups is 1. The lowest BCUT2D eigenvalue weighted by atomic mass is 10.2. The molecule has 112 valence electrons. The monoisotopic (exact) mass is 300 g/mol. The molecule has 0 aromatic heterocycles. The van der Waals surface area contributed by atoms with E-state index in [0.29, 0.717) is 35.3 Å². The van der Waals surface area contributed by atoms with Crippen LogP contribution in [0.25, 0.3) is 0 Å². The SMILES string of the molecule is COc1cc(NC(=S)NCCCO)cc(OC)c1OC. The van der Waals surface area contributed by atoms with Gasteiger partial charge in [0.25, 0.3) is 0 Å². The van der Waals surface area contributed by atoms with E-state index in [9.17, 15) is 0 Å². The second-order valence-electron chi connectivity index (χ2n) is 3.87. The van der Waals surface area contributed by atoms with Crippen molar-refractivity contribution in [3.8, 4) is 17.2 Å². The Labute approximate surface area is 124 Å². The molecule has 0 atom stereocenters. The first-order valence-corrected chi connectivity index (χ1v) is 6.52. The van der Waals surface area contributed by atoms with Gasteiger partial charge in [0, 0.05) is 31.0 Å². The summed E-state index contributed by atoms with van der Waals surface area (Å²) in [4.78, 5) is 0. The molecule has 1 rings (SSSR count). The Morgan fingerprint density at radius 1 is 1.15 bits per heavy atom. The maximum atomic E-state index is 8.71. The first kappa shape index (κ1) is 16.3. The zero-order valence-corrected chi connectivity index (χ0v) is 12.7. The molecule has 0 bridgehead atoms. The molecule has 3 N–H and O–H groups in total. The largest absolute Gasteiger partial charge is 0.493 e. The summed E-state index contributed by atoms with van der Waals surface area (Å²) in [6, 6.07) is 3.53. The molecule has 0 amide bonds. The zero-order chi connectivity index (χ0) is 15.0. The van der Waals surface area contributed by atoms with E-state index < -0.39 is 0 Å². The third-order valence-electron chi connectivity index (χ3n) is 2.54. The summed E-state index contributed by atoms with van der Waals surface area (Å²) in [5.74, 6) is 1.62. The second-order valence-corrected chi connectivity index (χ2v) is 4.28. The molecule has 0 aliphatic carbocycles. The van der Waals surface area contributed by atoms with Gasteiger partial charge in [-0.3, -0.25) is 0 Å². The number of aliphatic hydroxyl groups is 1. The molecule has 7 heteroatoms. The molecule has 0 fully saturated rings. The van der Waals surface area contributed by atoms with E-state index in [-0.39, 0.29) is 6.61 Å². The number of rotatable bonds is 7. The van der Waals surface area contributed by atoms with Gasteiger partial charge >= 0.3 is 0 Å². The van der Waals surface area contributed by atoms with Crippen molar-refractivity contribution in [2.24, 2.45) is 0 Å². The van der Waals surface area contributed by atoms with Crippen molar-refractivity contribution in [2.75, 3.05) is 39.8 Å². The van der Waals surface area contributed by atoms with Gasteiger partial charge in [-0.2, -0.15) is 0 Å². The van der Waals surface area contributed by atoms with Crippen LogP contribution in [0.2, 0.25) is 0 Å². The fourth-order valence-electron chi connectivity index (χ4n) is 1.61. The van der Waals surface area contributed by atoms with E-state index in [0.717, 1.165) is 5.69 Å². The van der Waals surface area contributed by atoms with Crippen LogP contribution in [0.3, 0.4) is 0 Å². The Morgan fingerprint density at radius 2 is 1.75 bits per heavy atom. The van der Waals surface area contributed by atoms with Gasteiger partial charge in [0.05, 0.1) is 21.3 Å². The van der Waals surface area contributed by atoms with Gasteiger partial charge in [0.15, 0.2) is 16.6 Å². The van der Waals surface area contributed by atoms with Crippen molar-refractivity contribution in [1.29, 1.82) is 0 Å². The van der Waals surface area contributed by atoms with Crippen molar-refractivity contribution in [1.82, 2.24) is 5.32 Å². The number of benzene rings is 1. The number of methoxy groups -OCH3 is 3. The normalized spacial score (nSPS) is 9.80. The number of aliphatic hydroxyl groups excluding tert-OH is 1. The zero-order valence-electron chi connectivity index (χ0n) is 11.9. The molecule has 1 aromatic rings. The fourth-order valence-corrected chi connectivity index (χ4v) is 1.83. The van der Waals surface area contributed by atoms with Gasteiger partial charge in [0.2, 0.25) is 5.75 Å². The molecule has 20 heavy (non-hydrogen) atoms. The summed E-state index contributed by atoms with van der Waals surface area (Å²) in [7, 11) is 4.66. The summed E-state index contributed by atoms with van der Waals surface area (Å²) in [5, 5.41) is 15.2. The minimum absolute atomic E-state index is 0.125. The van der Waals surface area contributed by atoms with Crippen molar-refractivity contribution < 1.29 is 19.3 Å². The molecule has 0 radical (unpaired) electrons. The van der Waals surface area contributed by atoms with Crippen LogP contribution in [0.1, 0.15) is 6.42 Å². The van der Waals surface area contributed by atoms with Crippen molar-refractivity contribution >= 4 is 23.0 Å². The van der Waals surface area contributed by atoms with Crippen LogP contribution in [0, 0.1) is 0 Å². The highest BCUT2D eigenvalue weighted by molar-refractivity contribution is 7.80. The van der Waals surface area contributed by atoms with E-state index in [2.05, 4.69) is 10.6 Å². The summed E-state index contributed by atoms with van der Waals surface area (Å²) < 4.78 is 15.8. The van der Waals surface area contributed by atoms with Crippen LogP contribution in [0.5, 0.6) is 17.2 Å². The quantitative estimate of drug-likeness (QED) is 0.519. The highest BCUT2D eigenvalue weighted by Crippen LogP contribution is 2.39. The van der Waals surface area contributed by atoms with Crippen molar-refractivity contribution in [3.05, 3.63) is 12.1 Å². The van der Waals surface area contributed by atoms with E-state index in [1.165, 1.54) is 0 Å². The lowest BCUT2D eigenvalue weighted by molar-refractivity contribution is 0.289. The first-order valence-electron chi connectivity index (χ1n) is 6.12. The molecular weight excluding hydrogens is 280 g/mol. The molecule has 0 aliphatic heterocycles. The van der Waals surface area contributed by atoms with E-state index in [4.69, 9.17) is 31.5 Å². The minimum Gasteiger partial charge on any atom is -0.493 e. The van der Waals surface area contributed by atoms with Crippen LogP contribution in [-0.4, -0.2) is 44.7 Å². The smallest absolute Gasteiger partial charge is 0.203 e. The lowest BCUT2D eigenvalue weighted by Gasteiger charge is -2.15.